The lowest BCUT2D eigenvalue weighted by Crippen LogP contribution is -2.53. The van der Waals surface area contributed by atoms with Crippen molar-refractivity contribution >= 4 is 31.8 Å². The van der Waals surface area contributed by atoms with Crippen LogP contribution in [0.2, 0.25) is 18.1 Å². The van der Waals surface area contributed by atoms with E-state index in [0.29, 0.717) is 0 Å². The minimum atomic E-state index is -2.05. The Morgan fingerprint density at radius 3 is 2.20 bits per heavy atom. The average molecular weight is 471 g/mol. The summed E-state index contributed by atoms with van der Waals surface area (Å²) in [6, 6.07) is 9.76. The first kappa shape index (κ1) is 24.6. The van der Waals surface area contributed by atoms with Gasteiger partial charge in [0.2, 0.25) is 0 Å². The van der Waals surface area contributed by atoms with E-state index in [1.807, 2.05) is 67.7 Å². The molecule has 170 valence electrons. The number of benzene rings is 1. The Morgan fingerprint density at radius 2 is 1.63 bits per heavy atom. The van der Waals surface area contributed by atoms with Gasteiger partial charge in [0, 0.05) is 0 Å². The Labute approximate surface area is 192 Å². The predicted molar refractivity (Wildman–Crippen MR) is 131 cm³/mol. The summed E-state index contributed by atoms with van der Waals surface area (Å²) in [4.78, 5) is 0. The summed E-state index contributed by atoms with van der Waals surface area (Å²) in [6.07, 6.45) is -0.469. The molecule has 2 saturated heterocycles. The summed E-state index contributed by atoms with van der Waals surface area (Å²) < 4.78 is 20.1. The van der Waals surface area contributed by atoms with Gasteiger partial charge < -0.3 is 19.0 Å². The number of ether oxygens (including phenoxy) is 2. The number of rotatable bonds is 6. The molecule has 3 rings (SSSR count). The molecule has 1 aromatic carbocycles. The second-order valence-electron chi connectivity index (χ2n) is 10.2. The molecule has 7 heteroatoms. The molecule has 0 bridgehead atoms. The van der Waals surface area contributed by atoms with Crippen molar-refractivity contribution < 1.29 is 19.0 Å². The van der Waals surface area contributed by atoms with Crippen LogP contribution in [0.1, 0.15) is 52.7 Å². The normalized spacial score (nSPS) is 27.7. The van der Waals surface area contributed by atoms with E-state index >= 15 is 0 Å². The third kappa shape index (κ3) is 5.66. The Bertz CT molecular complexity index is 686. The van der Waals surface area contributed by atoms with Crippen molar-refractivity contribution in [3.8, 4) is 0 Å². The monoisotopic (exact) mass is 470 g/mol. The number of hydrogen-bond acceptors (Lipinski definition) is 6. The standard InChI is InChI=1S/C23H38O4S2Si/c1-22(2,3)30(6,7)27-20(21-28-14-11-15-29-21)19-18(25-23(4,5)26-19)17(24)16-12-9-8-10-13-16/h8-10,12-13,17-21,24H,11,14-15H2,1-7H3/t17-,18-,19+,20-/m1/s1. The van der Waals surface area contributed by atoms with Crippen molar-refractivity contribution in [3.63, 3.8) is 0 Å². The van der Waals surface area contributed by atoms with Gasteiger partial charge in [-0.3, -0.25) is 0 Å². The van der Waals surface area contributed by atoms with Crippen LogP contribution in [-0.4, -0.2) is 53.6 Å². The maximum atomic E-state index is 11.3. The summed E-state index contributed by atoms with van der Waals surface area (Å²) in [5.74, 6) is 1.51. The van der Waals surface area contributed by atoms with Gasteiger partial charge in [0.15, 0.2) is 14.1 Å². The highest BCUT2D eigenvalue weighted by atomic mass is 32.2. The molecule has 2 aliphatic heterocycles. The molecule has 0 radical (unpaired) electrons. The first-order valence-electron chi connectivity index (χ1n) is 10.9. The maximum absolute atomic E-state index is 11.3. The largest absolute Gasteiger partial charge is 0.409 e. The van der Waals surface area contributed by atoms with E-state index in [0.717, 1.165) is 17.1 Å². The summed E-state index contributed by atoms with van der Waals surface area (Å²) in [5, 5.41) is 11.4. The lowest BCUT2D eigenvalue weighted by molar-refractivity contribution is -0.159. The lowest BCUT2D eigenvalue weighted by atomic mass is 9.98. The van der Waals surface area contributed by atoms with Crippen LogP contribution < -0.4 is 0 Å². The fraction of sp³-hybridized carbons (Fsp3) is 0.739. The highest BCUT2D eigenvalue weighted by Gasteiger charge is 2.53. The van der Waals surface area contributed by atoms with E-state index in [-0.39, 0.29) is 21.8 Å². The molecule has 0 amide bonds. The molecule has 0 saturated carbocycles. The fourth-order valence-electron chi connectivity index (χ4n) is 3.65. The molecule has 1 N–H and O–H groups in total. The molecular weight excluding hydrogens is 432 g/mol. The van der Waals surface area contributed by atoms with Crippen molar-refractivity contribution in [1.29, 1.82) is 0 Å². The Kier molecular flexibility index (Phi) is 7.76. The molecule has 4 atom stereocenters. The molecule has 2 aliphatic rings. The summed E-state index contributed by atoms with van der Waals surface area (Å²) >= 11 is 3.92. The van der Waals surface area contributed by atoms with Crippen LogP contribution >= 0.6 is 23.5 Å². The number of aliphatic hydroxyl groups excluding tert-OH is 1. The molecule has 4 nitrogen and oxygen atoms in total. The molecule has 1 aromatic rings. The van der Waals surface area contributed by atoms with Gasteiger partial charge in [-0.1, -0.05) is 51.1 Å². The number of hydrogen-bond donors (Lipinski definition) is 1. The highest BCUT2D eigenvalue weighted by Crippen LogP contribution is 2.46. The van der Waals surface area contributed by atoms with Crippen molar-refractivity contribution in [2.75, 3.05) is 11.5 Å². The van der Waals surface area contributed by atoms with E-state index in [9.17, 15) is 5.11 Å². The van der Waals surface area contributed by atoms with Gasteiger partial charge in [-0.2, -0.15) is 0 Å². The first-order chi connectivity index (χ1) is 13.9. The topological polar surface area (TPSA) is 47.9 Å². The van der Waals surface area contributed by atoms with Gasteiger partial charge in [0.1, 0.15) is 18.3 Å². The quantitative estimate of drug-likeness (QED) is 0.528. The molecule has 2 fully saturated rings. The van der Waals surface area contributed by atoms with Gasteiger partial charge in [0.05, 0.1) is 10.7 Å². The van der Waals surface area contributed by atoms with Gasteiger partial charge >= 0.3 is 0 Å². The molecule has 2 heterocycles. The molecule has 0 aromatic heterocycles. The van der Waals surface area contributed by atoms with Crippen molar-refractivity contribution in [2.24, 2.45) is 0 Å². The number of thioether (sulfide) groups is 2. The van der Waals surface area contributed by atoms with Crippen LogP contribution in [0.4, 0.5) is 0 Å². The third-order valence-electron chi connectivity index (χ3n) is 6.30. The van der Waals surface area contributed by atoms with Gasteiger partial charge in [-0.05, 0) is 55.5 Å². The van der Waals surface area contributed by atoms with Crippen molar-refractivity contribution in [1.82, 2.24) is 0 Å². The van der Waals surface area contributed by atoms with Gasteiger partial charge in [0.25, 0.3) is 0 Å². The summed E-state index contributed by atoms with van der Waals surface area (Å²) in [7, 11) is -2.05. The van der Waals surface area contributed by atoms with Crippen LogP contribution in [-0.2, 0) is 13.9 Å². The Hall–Kier alpha value is -0.0231. The molecule has 0 unspecified atom stereocenters. The predicted octanol–water partition coefficient (Wildman–Crippen LogP) is 5.83. The SMILES string of the molecule is CC1(C)O[C@H]([C@H](O)c2ccccc2)[C@@H]([C@@H](O[Si](C)(C)C(C)(C)C)C2SCCCS2)O1. The van der Waals surface area contributed by atoms with E-state index in [1.165, 1.54) is 6.42 Å². The third-order valence-corrected chi connectivity index (χ3v) is 13.8. The fourth-order valence-corrected chi connectivity index (χ4v) is 8.18. The zero-order valence-corrected chi connectivity index (χ0v) is 22.0. The second-order valence-corrected chi connectivity index (χ2v) is 17.8. The van der Waals surface area contributed by atoms with Gasteiger partial charge in [-0.25, -0.2) is 0 Å². The minimum Gasteiger partial charge on any atom is -0.409 e. The van der Waals surface area contributed by atoms with Crippen LogP contribution in [0.3, 0.4) is 0 Å². The van der Waals surface area contributed by atoms with E-state index in [4.69, 9.17) is 13.9 Å². The maximum Gasteiger partial charge on any atom is 0.192 e. The molecule has 30 heavy (non-hydrogen) atoms. The second kappa shape index (κ2) is 9.46. The smallest absolute Gasteiger partial charge is 0.192 e. The number of aliphatic hydroxyl groups is 1. The summed E-state index contributed by atoms with van der Waals surface area (Å²) in [5.41, 5.74) is 0.851. The zero-order valence-electron chi connectivity index (χ0n) is 19.4. The van der Waals surface area contributed by atoms with Crippen LogP contribution in [0, 0.1) is 0 Å². The highest BCUT2D eigenvalue weighted by molar-refractivity contribution is 8.17. The average Bonchev–Trinajstić information content (AvgIpc) is 3.01. The lowest BCUT2D eigenvalue weighted by Gasteiger charge is -2.44. The van der Waals surface area contributed by atoms with E-state index in [1.54, 1.807) is 0 Å². The van der Waals surface area contributed by atoms with E-state index < -0.39 is 26.3 Å². The van der Waals surface area contributed by atoms with E-state index in [2.05, 4.69) is 33.9 Å². The molecule has 0 spiro atoms. The summed E-state index contributed by atoms with van der Waals surface area (Å²) in [6.45, 7) is 15.3. The molecular formula is C23H38O4S2Si. The minimum absolute atomic E-state index is 0.0950. The molecule has 0 aliphatic carbocycles. The van der Waals surface area contributed by atoms with Crippen molar-refractivity contribution in [2.45, 2.75) is 94.0 Å². The Balaban J connectivity index is 1.94. The Morgan fingerprint density at radius 1 is 1.07 bits per heavy atom. The van der Waals surface area contributed by atoms with Gasteiger partial charge in [-0.15, -0.1) is 23.5 Å². The van der Waals surface area contributed by atoms with Crippen molar-refractivity contribution in [3.05, 3.63) is 35.9 Å². The van der Waals surface area contributed by atoms with Crippen LogP contribution in [0.15, 0.2) is 30.3 Å². The van der Waals surface area contributed by atoms with Crippen LogP contribution in [0.5, 0.6) is 0 Å². The first-order valence-corrected chi connectivity index (χ1v) is 15.9. The van der Waals surface area contributed by atoms with Crippen LogP contribution in [0.25, 0.3) is 0 Å². The zero-order chi connectivity index (χ0) is 22.2.